The summed E-state index contributed by atoms with van der Waals surface area (Å²) in [6, 6.07) is 13.7. The van der Waals surface area contributed by atoms with Crippen LogP contribution in [0.2, 0.25) is 0 Å². The van der Waals surface area contributed by atoms with Gasteiger partial charge in [-0.25, -0.2) is 4.79 Å². The summed E-state index contributed by atoms with van der Waals surface area (Å²) in [6.45, 7) is 6.26. The lowest BCUT2D eigenvalue weighted by atomic mass is 10.1. The SMILES string of the molecule is Cc1cccc(C(=O)Nc2ccccc2C(=O)OCC(=O)N2C[C@H](C)O[C@@H](C)C2)c1. The molecule has 1 saturated heterocycles. The van der Waals surface area contributed by atoms with E-state index in [4.69, 9.17) is 9.47 Å². The number of carbonyl (C=O) groups excluding carboxylic acids is 3. The molecule has 0 bridgehead atoms. The Morgan fingerprint density at radius 2 is 1.77 bits per heavy atom. The monoisotopic (exact) mass is 410 g/mol. The first-order valence-corrected chi connectivity index (χ1v) is 9.91. The predicted molar refractivity (Wildman–Crippen MR) is 112 cm³/mol. The van der Waals surface area contributed by atoms with E-state index in [0.717, 1.165) is 5.56 Å². The van der Waals surface area contributed by atoms with Crippen molar-refractivity contribution in [2.45, 2.75) is 33.0 Å². The van der Waals surface area contributed by atoms with Crippen molar-refractivity contribution in [3.63, 3.8) is 0 Å². The van der Waals surface area contributed by atoms with Crippen molar-refractivity contribution < 1.29 is 23.9 Å². The Bertz CT molecular complexity index is 933. The highest BCUT2D eigenvalue weighted by Gasteiger charge is 2.26. The van der Waals surface area contributed by atoms with Gasteiger partial charge in [-0.2, -0.15) is 0 Å². The van der Waals surface area contributed by atoms with Gasteiger partial charge in [0.1, 0.15) is 0 Å². The third-order valence-corrected chi connectivity index (χ3v) is 4.77. The fraction of sp³-hybridized carbons (Fsp3) is 0.348. The normalized spacial score (nSPS) is 18.6. The molecular formula is C23H26N2O5. The van der Waals surface area contributed by atoms with Crippen molar-refractivity contribution in [3.05, 3.63) is 65.2 Å². The van der Waals surface area contributed by atoms with Crippen molar-refractivity contribution in [2.75, 3.05) is 25.0 Å². The Kier molecular flexibility index (Phi) is 6.84. The minimum Gasteiger partial charge on any atom is -0.452 e. The molecule has 0 aliphatic carbocycles. The number of hydrogen-bond donors (Lipinski definition) is 1. The first kappa shape index (κ1) is 21.5. The third kappa shape index (κ3) is 5.45. The molecule has 0 radical (unpaired) electrons. The van der Waals surface area contributed by atoms with Crippen LogP contribution in [0.25, 0.3) is 0 Å². The van der Waals surface area contributed by atoms with E-state index in [1.165, 1.54) is 0 Å². The molecule has 1 aliphatic rings. The van der Waals surface area contributed by atoms with Crippen LogP contribution in [0.5, 0.6) is 0 Å². The van der Waals surface area contributed by atoms with Crippen LogP contribution in [0, 0.1) is 6.92 Å². The average Bonchev–Trinajstić information content (AvgIpc) is 2.71. The molecule has 0 aromatic heterocycles. The summed E-state index contributed by atoms with van der Waals surface area (Å²) in [6.07, 6.45) is -0.128. The maximum absolute atomic E-state index is 12.6. The molecule has 7 nitrogen and oxygen atoms in total. The molecule has 2 atom stereocenters. The molecule has 1 N–H and O–H groups in total. The van der Waals surface area contributed by atoms with E-state index in [9.17, 15) is 14.4 Å². The third-order valence-electron chi connectivity index (χ3n) is 4.77. The molecule has 1 aliphatic heterocycles. The molecule has 2 aromatic carbocycles. The lowest BCUT2D eigenvalue weighted by Gasteiger charge is -2.35. The summed E-state index contributed by atoms with van der Waals surface area (Å²) in [5.41, 5.74) is 1.97. The first-order chi connectivity index (χ1) is 14.3. The maximum Gasteiger partial charge on any atom is 0.340 e. The second-order valence-electron chi connectivity index (χ2n) is 7.50. The number of morpholine rings is 1. The van der Waals surface area contributed by atoms with Gasteiger partial charge in [-0.1, -0.05) is 29.8 Å². The Morgan fingerprint density at radius 1 is 1.07 bits per heavy atom. The van der Waals surface area contributed by atoms with E-state index in [1.54, 1.807) is 47.4 Å². The van der Waals surface area contributed by atoms with Gasteiger partial charge in [-0.15, -0.1) is 0 Å². The maximum atomic E-state index is 12.6. The number of esters is 1. The van der Waals surface area contributed by atoms with E-state index in [2.05, 4.69) is 5.32 Å². The van der Waals surface area contributed by atoms with Gasteiger partial charge in [0, 0.05) is 18.7 Å². The van der Waals surface area contributed by atoms with Gasteiger partial charge in [0.25, 0.3) is 11.8 Å². The molecule has 0 saturated carbocycles. The van der Waals surface area contributed by atoms with Crippen LogP contribution in [0.15, 0.2) is 48.5 Å². The quantitative estimate of drug-likeness (QED) is 0.766. The summed E-state index contributed by atoms with van der Waals surface area (Å²) < 4.78 is 10.9. The minimum atomic E-state index is -0.669. The Hall–Kier alpha value is -3.19. The van der Waals surface area contributed by atoms with E-state index < -0.39 is 5.97 Å². The Labute approximate surface area is 176 Å². The number of carbonyl (C=O) groups is 3. The molecule has 0 spiro atoms. The van der Waals surface area contributed by atoms with E-state index in [0.29, 0.717) is 24.3 Å². The van der Waals surface area contributed by atoms with E-state index >= 15 is 0 Å². The molecule has 158 valence electrons. The van der Waals surface area contributed by atoms with Crippen LogP contribution in [0.3, 0.4) is 0 Å². The van der Waals surface area contributed by atoms with Crippen LogP contribution in [-0.4, -0.2) is 54.6 Å². The minimum absolute atomic E-state index is 0.0639. The average molecular weight is 410 g/mol. The van der Waals surface area contributed by atoms with E-state index in [-0.39, 0.29) is 36.2 Å². The molecule has 2 amide bonds. The van der Waals surface area contributed by atoms with Gasteiger partial charge in [-0.3, -0.25) is 9.59 Å². The highest BCUT2D eigenvalue weighted by atomic mass is 16.5. The van der Waals surface area contributed by atoms with Gasteiger partial charge in [0.05, 0.1) is 23.5 Å². The molecule has 0 unspecified atom stereocenters. The molecule has 2 aromatic rings. The van der Waals surface area contributed by atoms with Crippen molar-refractivity contribution in [2.24, 2.45) is 0 Å². The summed E-state index contributed by atoms with van der Waals surface area (Å²) in [5, 5.41) is 2.75. The predicted octanol–water partition coefficient (Wildman–Crippen LogP) is 3.04. The molecule has 30 heavy (non-hydrogen) atoms. The summed E-state index contributed by atoms with van der Waals surface area (Å²) in [4.78, 5) is 39.2. The second-order valence-corrected chi connectivity index (χ2v) is 7.50. The molecule has 3 rings (SSSR count). The largest absolute Gasteiger partial charge is 0.452 e. The van der Waals surface area contributed by atoms with Gasteiger partial charge < -0.3 is 19.7 Å². The smallest absolute Gasteiger partial charge is 0.340 e. The topological polar surface area (TPSA) is 84.9 Å². The van der Waals surface area contributed by atoms with Crippen LogP contribution in [-0.2, 0) is 14.3 Å². The van der Waals surface area contributed by atoms with E-state index in [1.807, 2.05) is 26.8 Å². The number of nitrogens with zero attached hydrogens (tertiary/aromatic N) is 1. The first-order valence-electron chi connectivity index (χ1n) is 9.91. The van der Waals surface area contributed by atoms with Gasteiger partial charge in [-0.05, 0) is 45.0 Å². The number of rotatable bonds is 5. The molecule has 7 heteroatoms. The Morgan fingerprint density at radius 3 is 2.47 bits per heavy atom. The van der Waals surface area contributed by atoms with Crippen molar-refractivity contribution in [1.82, 2.24) is 4.90 Å². The van der Waals surface area contributed by atoms with Gasteiger partial charge >= 0.3 is 5.97 Å². The fourth-order valence-electron chi connectivity index (χ4n) is 3.43. The summed E-state index contributed by atoms with van der Waals surface area (Å²) in [7, 11) is 0. The lowest BCUT2D eigenvalue weighted by Crippen LogP contribution is -2.49. The zero-order valence-electron chi connectivity index (χ0n) is 17.4. The molecule has 1 fully saturated rings. The highest BCUT2D eigenvalue weighted by Crippen LogP contribution is 2.18. The number of ether oxygens (including phenoxy) is 2. The highest BCUT2D eigenvalue weighted by molar-refractivity contribution is 6.08. The number of aryl methyl sites for hydroxylation is 1. The van der Waals surface area contributed by atoms with Crippen molar-refractivity contribution in [1.29, 1.82) is 0 Å². The standard InChI is InChI=1S/C23H26N2O5/c1-15-7-6-8-18(11-15)22(27)24-20-10-5-4-9-19(20)23(28)29-14-21(26)25-12-16(2)30-17(3)13-25/h4-11,16-17H,12-14H2,1-3H3,(H,24,27)/t16-,17-/m0/s1. The molecular weight excluding hydrogens is 384 g/mol. The lowest BCUT2D eigenvalue weighted by molar-refractivity contribution is -0.146. The number of anilines is 1. The number of nitrogens with one attached hydrogen (secondary N) is 1. The number of benzene rings is 2. The second kappa shape index (κ2) is 9.54. The number of hydrogen-bond acceptors (Lipinski definition) is 5. The van der Waals surface area contributed by atoms with Crippen LogP contribution < -0.4 is 5.32 Å². The van der Waals surface area contributed by atoms with Crippen molar-refractivity contribution >= 4 is 23.5 Å². The van der Waals surface area contributed by atoms with Crippen LogP contribution in [0.4, 0.5) is 5.69 Å². The van der Waals surface area contributed by atoms with Gasteiger partial charge in [0.2, 0.25) is 0 Å². The van der Waals surface area contributed by atoms with Crippen molar-refractivity contribution in [3.8, 4) is 0 Å². The zero-order chi connectivity index (χ0) is 21.7. The molecule has 1 heterocycles. The summed E-state index contributed by atoms with van der Waals surface area (Å²) >= 11 is 0. The van der Waals surface area contributed by atoms with Gasteiger partial charge in [0.15, 0.2) is 6.61 Å². The summed E-state index contributed by atoms with van der Waals surface area (Å²) in [5.74, 6) is -1.27. The van der Waals surface area contributed by atoms with Crippen LogP contribution in [0.1, 0.15) is 40.1 Å². The fourth-order valence-corrected chi connectivity index (χ4v) is 3.43. The zero-order valence-corrected chi connectivity index (χ0v) is 17.4. The Balaban J connectivity index is 1.64. The van der Waals surface area contributed by atoms with Crippen LogP contribution >= 0.6 is 0 Å². The number of amides is 2. The number of para-hydroxylation sites is 1.